The highest BCUT2D eigenvalue weighted by atomic mass is 32.2. The topological polar surface area (TPSA) is 75.3 Å². The lowest BCUT2D eigenvalue weighted by molar-refractivity contribution is 0.209. The van der Waals surface area contributed by atoms with Crippen LogP contribution in [0.15, 0.2) is 0 Å². The van der Waals surface area contributed by atoms with E-state index >= 15 is 0 Å². The van der Waals surface area contributed by atoms with Crippen molar-refractivity contribution < 1.29 is 13.2 Å². The van der Waals surface area contributed by atoms with Crippen molar-refractivity contribution in [2.45, 2.75) is 82.0 Å². The summed E-state index contributed by atoms with van der Waals surface area (Å²) in [5.41, 5.74) is 0. The van der Waals surface area contributed by atoms with E-state index in [0.29, 0.717) is 24.8 Å². The van der Waals surface area contributed by atoms with Crippen LogP contribution in [0.3, 0.4) is 0 Å². The molecule has 22 heavy (non-hydrogen) atoms. The van der Waals surface area contributed by atoms with Gasteiger partial charge in [0.2, 0.25) is 0 Å². The Bertz CT molecular complexity index is 470. The van der Waals surface area contributed by atoms with E-state index in [4.69, 9.17) is 0 Å². The largest absolute Gasteiger partial charge is 0.335 e. The van der Waals surface area contributed by atoms with Gasteiger partial charge in [-0.05, 0) is 44.4 Å². The van der Waals surface area contributed by atoms with Crippen molar-refractivity contribution in [1.29, 1.82) is 0 Å². The molecule has 2 aliphatic carbocycles. The number of sulfone groups is 1. The van der Waals surface area contributed by atoms with E-state index in [-0.39, 0.29) is 17.3 Å². The minimum Gasteiger partial charge on any atom is -0.335 e. The first-order valence-corrected chi connectivity index (χ1v) is 10.6. The predicted molar refractivity (Wildman–Crippen MR) is 88.6 cm³/mol. The van der Waals surface area contributed by atoms with Gasteiger partial charge in [-0.25, -0.2) is 13.2 Å². The van der Waals surface area contributed by atoms with Crippen LogP contribution in [0.5, 0.6) is 0 Å². The zero-order valence-electron chi connectivity index (χ0n) is 13.8. The number of carbonyl (C=O) groups is 1. The van der Waals surface area contributed by atoms with Gasteiger partial charge in [0.05, 0.1) is 5.25 Å². The lowest BCUT2D eigenvalue weighted by Gasteiger charge is -2.33. The third-order valence-corrected chi connectivity index (χ3v) is 7.05. The number of amides is 2. The Morgan fingerprint density at radius 2 is 1.64 bits per heavy atom. The monoisotopic (exact) mass is 330 g/mol. The third-order valence-electron chi connectivity index (χ3n) is 5.36. The average molecular weight is 330 g/mol. The third kappa shape index (κ3) is 4.86. The summed E-state index contributed by atoms with van der Waals surface area (Å²) in [4.78, 5) is 12.2. The highest BCUT2D eigenvalue weighted by Gasteiger charge is 2.30. The van der Waals surface area contributed by atoms with Crippen LogP contribution in [0.25, 0.3) is 0 Å². The van der Waals surface area contributed by atoms with Crippen molar-refractivity contribution in [2.75, 3.05) is 6.26 Å². The van der Waals surface area contributed by atoms with Crippen LogP contribution >= 0.6 is 0 Å². The summed E-state index contributed by atoms with van der Waals surface area (Å²) in [6.07, 6.45) is 10.0. The summed E-state index contributed by atoms with van der Waals surface area (Å²) >= 11 is 0. The van der Waals surface area contributed by atoms with Gasteiger partial charge < -0.3 is 10.6 Å². The maximum atomic E-state index is 12.2. The zero-order valence-corrected chi connectivity index (χ0v) is 14.6. The van der Waals surface area contributed by atoms with E-state index < -0.39 is 9.84 Å². The maximum absolute atomic E-state index is 12.2. The molecule has 0 aromatic rings. The van der Waals surface area contributed by atoms with Gasteiger partial charge in [-0.3, -0.25) is 0 Å². The molecule has 2 unspecified atom stereocenters. The van der Waals surface area contributed by atoms with Crippen LogP contribution in [-0.2, 0) is 9.84 Å². The molecule has 2 amide bonds. The van der Waals surface area contributed by atoms with Crippen molar-refractivity contribution in [3.05, 3.63) is 0 Å². The molecule has 0 aliphatic heterocycles. The molecule has 2 fully saturated rings. The van der Waals surface area contributed by atoms with Gasteiger partial charge in [0, 0.05) is 18.3 Å². The van der Waals surface area contributed by atoms with Crippen molar-refractivity contribution in [2.24, 2.45) is 5.92 Å². The van der Waals surface area contributed by atoms with Crippen LogP contribution < -0.4 is 10.6 Å². The van der Waals surface area contributed by atoms with Gasteiger partial charge in [-0.2, -0.15) is 0 Å². The standard InChI is InChI=1S/C16H30N2O3S/c1-3-12-6-4-5-7-15(12)18-16(19)17-13-8-10-14(11-9-13)22(2,20)21/h12-15H,3-11H2,1-2H3,(H2,17,18,19). The summed E-state index contributed by atoms with van der Waals surface area (Å²) in [6, 6.07) is 0.334. The summed E-state index contributed by atoms with van der Waals surface area (Å²) in [7, 11) is -2.94. The van der Waals surface area contributed by atoms with Crippen LogP contribution in [0.4, 0.5) is 4.79 Å². The van der Waals surface area contributed by atoms with Gasteiger partial charge in [0.25, 0.3) is 0 Å². The highest BCUT2D eigenvalue weighted by Crippen LogP contribution is 2.27. The summed E-state index contributed by atoms with van der Waals surface area (Å²) in [6.45, 7) is 2.19. The Morgan fingerprint density at radius 3 is 2.23 bits per heavy atom. The normalized spacial score (nSPS) is 33.2. The molecule has 0 bridgehead atoms. The molecule has 0 radical (unpaired) electrons. The lowest BCUT2D eigenvalue weighted by atomic mass is 9.83. The molecule has 0 spiro atoms. The maximum Gasteiger partial charge on any atom is 0.315 e. The number of nitrogens with one attached hydrogen (secondary N) is 2. The molecule has 128 valence electrons. The fraction of sp³-hybridized carbons (Fsp3) is 0.938. The number of hydrogen-bond acceptors (Lipinski definition) is 3. The number of hydrogen-bond donors (Lipinski definition) is 2. The molecule has 2 aliphatic rings. The number of rotatable bonds is 4. The first kappa shape index (κ1) is 17.6. The van der Waals surface area contributed by atoms with Crippen molar-refractivity contribution >= 4 is 15.9 Å². The molecule has 0 aromatic carbocycles. The molecule has 6 heteroatoms. The van der Waals surface area contributed by atoms with Gasteiger partial charge in [0.15, 0.2) is 0 Å². The van der Waals surface area contributed by atoms with E-state index in [0.717, 1.165) is 25.7 Å². The molecule has 0 heterocycles. The van der Waals surface area contributed by atoms with E-state index in [9.17, 15) is 13.2 Å². The summed E-state index contributed by atoms with van der Waals surface area (Å²) in [5.74, 6) is 0.598. The van der Waals surface area contributed by atoms with Crippen LogP contribution in [0.2, 0.25) is 0 Å². The molecule has 5 nitrogen and oxygen atoms in total. The highest BCUT2D eigenvalue weighted by molar-refractivity contribution is 7.91. The van der Waals surface area contributed by atoms with Gasteiger partial charge in [-0.15, -0.1) is 0 Å². The number of carbonyl (C=O) groups excluding carboxylic acids is 1. The number of urea groups is 1. The van der Waals surface area contributed by atoms with Crippen molar-refractivity contribution in [1.82, 2.24) is 10.6 Å². The van der Waals surface area contributed by atoms with Crippen LogP contribution in [0, 0.1) is 5.92 Å². The second kappa shape index (κ2) is 7.66. The van der Waals surface area contributed by atoms with E-state index in [1.165, 1.54) is 25.5 Å². The molecule has 2 saturated carbocycles. The molecular formula is C16H30N2O3S. The van der Waals surface area contributed by atoms with Gasteiger partial charge in [-0.1, -0.05) is 26.2 Å². The second-order valence-electron chi connectivity index (χ2n) is 6.98. The second-order valence-corrected chi connectivity index (χ2v) is 9.31. The van der Waals surface area contributed by atoms with E-state index in [1.54, 1.807) is 0 Å². The molecule has 2 atom stereocenters. The van der Waals surface area contributed by atoms with Gasteiger partial charge >= 0.3 is 6.03 Å². The van der Waals surface area contributed by atoms with E-state index in [1.807, 2.05) is 0 Å². The Hall–Kier alpha value is -0.780. The Kier molecular flexibility index (Phi) is 6.12. The zero-order chi connectivity index (χ0) is 16.2. The predicted octanol–water partition coefficient (Wildman–Crippen LogP) is 2.61. The smallest absolute Gasteiger partial charge is 0.315 e. The molecule has 0 aromatic heterocycles. The Balaban J connectivity index is 1.76. The van der Waals surface area contributed by atoms with Crippen molar-refractivity contribution in [3.63, 3.8) is 0 Å². The SMILES string of the molecule is CCC1CCCCC1NC(=O)NC1CCC(S(C)(=O)=O)CC1. The van der Waals surface area contributed by atoms with Gasteiger partial charge in [0.1, 0.15) is 9.84 Å². The lowest BCUT2D eigenvalue weighted by Crippen LogP contribution is -2.50. The summed E-state index contributed by atoms with van der Waals surface area (Å²) in [5, 5.41) is 5.95. The molecule has 2 rings (SSSR count). The Morgan fingerprint density at radius 1 is 1.00 bits per heavy atom. The molecule has 2 N–H and O–H groups in total. The Labute approximate surface area is 134 Å². The first-order chi connectivity index (χ1) is 10.4. The molecular weight excluding hydrogens is 300 g/mol. The van der Waals surface area contributed by atoms with Crippen LogP contribution in [-0.4, -0.2) is 38.0 Å². The summed E-state index contributed by atoms with van der Waals surface area (Å²) < 4.78 is 23.1. The minimum atomic E-state index is -2.94. The average Bonchev–Trinajstić information content (AvgIpc) is 2.47. The fourth-order valence-electron chi connectivity index (χ4n) is 3.92. The van der Waals surface area contributed by atoms with Crippen LogP contribution in [0.1, 0.15) is 64.7 Å². The fourth-order valence-corrected chi connectivity index (χ4v) is 5.05. The first-order valence-electron chi connectivity index (χ1n) is 8.66. The van der Waals surface area contributed by atoms with E-state index in [2.05, 4.69) is 17.6 Å². The van der Waals surface area contributed by atoms with Crippen molar-refractivity contribution in [3.8, 4) is 0 Å². The quantitative estimate of drug-likeness (QED) is 0.832. The minimum absolute atomic E-state index is 0.0758. The molecule has 0 saturated heterocycles.